The van der Waals surface area contributed by atoms with Gasteiger partial charge in [0.05, 0.1) is 12.2 Å². The zero-order valence-corrected chi connectivity index (χ0v) is 9.34. The van der Waals surface area contributed by atoms with Gasteiger partial charge in [0.1, 0.15) is 0 Å². The molecule has 1 atom stereocenters. The van der Waals surface area contributed by atoms with Crippen LogP contribution in [-0.2, 0) is 14.2 Å². The summed E-state index contributed by atoms with van der Waals surface area (Å²) in [6.45, 7) is 4.62. The number of hydrogen-bond acceptors (Lipinski definition) is 4. The van der Waals surface area contributed by atoms with E-state index in [0.29, 0.717) is 6.61 Å². The molecular formula is C10H21NO3. The predicted molar refractivity (Wildman–Crippen MR) is 54.3 cm³/mol. The van der Waals surface area contributed by atoms with Gasteiger partial charge in [-0.2, -0.15) is 0 Å². The fraction of sp³-hybridized carbons (Fsp3) is 1.00. The molecule has 1 heterocycles. The second-order valence-electron chi connectivity index (χ2n) is 3.94. The Labute approximate surface area is 85.9 Å². The summed E-state index contributed by atoms with van der Waals surface area (Å²) in [5, 5.41) is 3.33. The Morgan fingerprint density at radius 3 is 2.57 bits per heavy atom. The van der Waals surface area contributed by atoms with Gasteiger partial charge in [-0.25, -0.2) is 0 Å². The van der Waals surface area contributed by atoms with E-state index in [1.807, 2.05) is 0 Å². The molecule has 0 aromatic rings. The van der Waals surface area contributed by atoms with E-state index >= 15 is 0 Å². The molecule has 0 bridgehead atoms. The first-order valence-electron chi connectivity index (χ1n) is 5.10. The van der Waals surface area contributed by atoms with Crippen LogP contribution in [0.4, 0.5) is 0 Å². The molecule has 0 radical (unpaired) electrons. The van der Waals surface area contributed by atoms with Crippen molar-refractivity contribution in [2.75, 3.05) is 33.9 Å². The van der Waals surface area contributed by atoms with Crippen LogP contribution >= 0.6 is 0 Å². The van der Waals surface area contributed by atoms with Gasteiger partial charge in [0.15, 0.2) is 6.29 Å². The molecule has 0 aromatic carbocycles. The monoisotopic (exact) mass is 203 g/mol. The van der Waals surface area contributed by atoms with Crippen molar-refractivity contribution in [3.63, 3.8) is 0 Å². The highest BCUT2D eigenvalue weighted by molar-refractivity contribution is 4.82. The first kappa shape index (κ1) is 11.9. The van der Waals surface area contributed by atoms with Crippen molar-refractivity contribution in [3.8, 4) is 0 Å². The lowest BCUT2D eigenvalue weighted by Crippen LogP contribution is -2.46. The second-order valence-corrected chi connectivity index (χ2v) is 3.94. The van der Waals surface area contributed by atoms with E-state index in [1.54, 1.807) is 14.2 Å². The summed E-state index contributed by atoms with van der Waals surface area (Å²) in [5.74, 6) is 0. The zero-order valence-electron chi connectivity index (χ0n) is 9.34. The van der Waals surface area contributed by atoms with E-state index in [2.05, 4.69) is 12.2 Å². The van der Waals surface area contributed by atoms with Crippen molar-refractivity contribution in [3.05, 3.63) is 0 Å². The summed E-state index contributed by atoms with van der Waals surface area (Å²) >= 11 is 0. The van der Waals surface area contributed by atoms with Crippen LogP contribution in [0.5, 0.6) is 0 Å². The van der Waals surface area contributed by atoms with Crippen LogP contribution < -0.4 is 5.32 Å². The molecule has 1 saturated heterocycles. The molecule has 1 unspecified atom stereocenters. The fourth-order valence-electron chi connectivity index (χ4n) is 1.65. The number of nitrogens with one attached hydrogen (secondary N) is 1. The zero-order chi connectivity index (χ0) is 10.4. The van der Waals surface area contributed by atoms with Crippen LogP contribution in [0.1, 0.15) is 19.8 Å². The normalized spacial score (nSPS) is 28.3. The Hall–Kier alpha value is -0.160. The van der Waals surface area contributed by atoms with Gasteiger partial charge in [0, 0.05) is 20.8 Å². The Bertz CT molecular complexity index is 153. The van der Waals surface area contributed by atoms with Crippen molar-refractivity contribution >= 4 is 0 Å². The molecule has 0 amide bonds. The van der Waals surface area contributed by atoms with Crippen molar-refractivity contribution in [2.24, 2.45) is 0 Å². The molecule has 0 aliphatic carbocycles. The van der Waals surface area contributed by atoms with Crippen molar-refractivity contribution in [1.82, 2.24) is 5.32 Å². The predicted octanol–water partition coefficient (Wildman–Crippen LogP) is 0.764. The van der Waals surface area contributed by atoms with E-state index in [0.717, 1.165) is 19.5 Å². The van der Waals surface area contributed by atoms with Crippen molar-refractivity contribution < 1.29 is 14.2 Å². The van der Waals surface area contributed by atoms with Gasteiger partial charge < -0.3 is 19.5 Å². The van der Waals surface area contributed by atoms with Gasteiger partial charge in [0.25, 0.3) is 0 Å². The Balaban J connectivity index is 2.27. The van der Waals surface area contributed by atoms with Gasteiger partial charge >= 0.3 is 0 Å². The third kappa shape index (κ3) is 3.53. The maximum Gasteiger partial charge on any atom is 0.180 e. The number of piperidine rings is 1. The van der Waals surface area contributed by atoms with E-state index in [-0.39, 0.29) is 11.9 Å². The van der Waals surface area contributed by atoms with Crippen LogP contribution in [0.2, 0.25) is 0 Å². The lowest BCUT2D eigenvalue weighted by atomic mass is 9.96. The molecule has 1 rings (SSSR count). The Kier molecular flexibility index (Phi) is 4.81. The smallest absolute Gasteiger partial charge is 0.180 e. The highest BCUT2D eigenvalue weighted by Crippen LogP contribution is 2.20. The molecule has 1 aliphatic heterocycles. The average Bonchev–Trinajstić information content (AvgIpc) is 2.20. The van der Waals surface area contributed by atoms with Gasteiger partial charge in [-0.05, 0) is 26.3 Å². The number of ether oxygens (including phenoxy) is 3. The first-order valence-corrected chi connectivity index (χ1v) is 5.10. The van der Waals surface area contributed by atoms with Crippen molar-refractivity contribution in [2.45, 2.75) is 31.7 Å². The van der Waals surface area contributed by atoms with Crippen LogP contribution in [-0.4, -0.2) is 45.8 Å². The SMILES string of the molecule is COC(COC1(C)CCCNC1)OC. The highest BCUT2D eigenvalue weighted by Gasteiger charge is 2.28. The lowest BCUT2D eigenvalue weighted by Gasteiger charge is -2.35. The summed E-state index contributed by atoms with van der Waals surface area (Å²) < 4.78 is 15.9. The summed E-state index contributed by atoms with van der Waals surface area (Å²) in [6, 6.07) is 0. The molecule has 0 aromatic heterocycles. The van der Waals surface area contributed by atoms with E-state index in [4.69, 9.17) is 14.2 Å². The molecule has 14 heavy (non-hydrogen) atoms. The summed E-state index contributed by atoms with van der Waals surface area (Å²) in [5.41, 5.74) is -0.0619. The minimum atomic E-state index is -0.256. The summed E-state index contributed by atoms with van der Waals surface area (Å²) in [4.78, 5) is 0. The van der Waals surface area contributed by atoms with Gasteiger partial charge in [-0.1, -0.05) is 0 Å². The number of hydrogen-bond donors (Lipinski definition) is 1. The summed E-state index contributed by atoms with van der Waals surface area (Å²) in [6.07, 6.45) is 2.01. The minimum Gasteiger partial charge on any atom is -0.369 e. The molecule has 4 heteroatoms. The number of rotatable bonds is 5. The quantitative estimate of drug-likeness (QED) is 0.670. The third-order valence-electron chi connectivity index (χ3n) is 2.65. The van der Waals surface area contributed by atoms with E-state index in [9.17, 15) is 0 Å². The Morgan fingerprint density at radius 1 is 1.36 bits per heavy atom. The molecule has 4 nitrogen and oxygen atoms in total. The molecular weight excluding hydrogens is 182 g/mol. The van der Waals surface area contributed by atoms with Crippen LogP contribution in [0.15, 0.2) is 0 Å². The van der Waals surface area contributed by atoms with Crippen LogP contribution in [0.25, 0.3) is 0 Å². The van der Waals surface area contributed by atoms with Gasteiger partial charge in [-0.3, -0.25) is 0 Å². The molecule has 1 N–H and O–H groups in total. The molecule has 1 aliphatic rings. The van der Waals surface area contributed by atoms with Crippen molar-refractivity contribution in [1.29, 1.82) is 0 Å². The highest BCUT2D eigenvalue weighted by atomic mass is 16.7. The molecule has 0 spiro atoms. The number of methoxy groups -OCH3 is 2. The third-order valence-corrected chi connectivity index (χ3v) is 2.65. The first-order chi connectivity index (χ1) is 6.70. The standard InChI is InChI=1S/C10H21NO3/c1-10(5-4-6-11-8-10)14-7-9(12-2)13-3/h9,11H,4-8H2,1-3H3. The lowest BCUT2D eigenvalue weighted by molar-refractivity contribution is -0.172. The topological polar surface area (TPSA) is 39.7 Å². The van der Waals surface area contributed by atoms with Crippen LogP contribution in [0, 0.1) is 0 Å². The summed E-state index contributed by atoms with van der Waals surface area (Å²) in [7, 11) is 3.25. The average molecular weight is 203 g/mol. The van der Waals surface area contributed by atoms with Gasteiger partial charge in [-0.15, -0.1) is 0 Å². The van der Waals surface area contributed by atoms with Gasteiger partial charge in [0.2, 0.25) is 0 Å². The molecule has 1 fully saturated rings. The minimum absolute atomic E-state index is 0.0619. The molecule has 84 valence electrons. The fourth-order valence-corrected chi connectivity index (χ4v) is 1.65. The van der Waals surface area contributed by atoms with Crippen LogP contribution in [0.3, 0.4) is 0 Å². The maximum absolute atomic E-state index is 5.80. The van der Waals surface area contributed by atoms with E-state index < -0.39 is 0 Å². The second kappa shape index (κ2) is 5.66. The maximum atomic E-state index is 5.80. The molecule has 0 saturated carbocycles. The van der Waals surface area contributed by atoms with E-state index in [1.165, 1.54) is 6.42 Å². The Morgan fingerprint density at radius 2 is 2.07 bits per heavy atom. The largest absolute Gasteiger partial charge is 0.369 e.